The predicted octanol–water partition coefficient (Wildman–Crippen LogP) is 3.28. The lowest BCUT2D eigenvalue weighted by Gasteiger charge is -2.31. The molecule has 0 aromatic carbocycles. The molecular formula is C23H27N7O. The maximum atomic E-state index is 12.6. The van der Waals surface area contributed by atoms with E-state index in [9.17, 15) is 4.79 Å². The van der Waals surface area contributed by atoms with Crippen LogP contribution in [-0.2, 0) is 11.2 Å². The highest BCUT2D eigenvalue weighted by Gasteiger charge is 2.25. The molecule has 8 heteroatoms. The topological polar surface area (TPSA) is 90.0 Å². The summed E-state index contributed by atoms with van der Waals surface area (Å²) in [5.41, 5.74) is 4.17. The number of carbonyl (C=O) groups excluding carboxylic acids is 1. The number of nitrogens with zero attached hydrogens (tertiary/aromatic N) is 6. The van der Waals surface area contributed by atoms with Crippen molar-refractivity contribution >= 4 is 11.7 Å². The largest absolute Gasteiger partial charge is 0.353 e. The van der Waals surface area contributed by atoms with Crippen molar-refractivity contribution in [1.82, 2.24) is 34.4 Å². The number of aryl methyl sites for hydroxylation is 2. The first-order valence-corrected chi connectivity index (χ1v) is 11.0. The molecule has 2 aromatic heterocycles. The lowest BCUT2D eigenvalue weighted by molar-refractivity contribution is -0.122. The monoisotopic (exact) mass is 417 g/mol. The number of nitrogens with one attached hydrogen (secondary N) is 1. The van der Waals surface area contributed by atoms with E-state index in [0.29, 0.717) is 24.7 Å². The Morgan fingerprint density at radius 2 is 2.00 bits per heavy atom. The van der Waals surface area contributed by atoms with Gasteiger partial charge in [0.1, 0.15) is 12.2 Å². The number of rotatable bonds is 5. The van der Waals surface area contributed by atoms with Gasteiger partial charge in [-0.15, -0.1) is 0 Å². The lowest BCUT2D eigenvalue weighted by atomic mass is 9.90. The van der Waals surface area contributed by atoms with Gasteiger partial charge in [0.2, 0.25) is 5.91 Å². The highest BCUT2D eigenvalue weighted by Crippen LogP contribution is 2.32. The Hall–Kier alpha value is -3.29. The zero-order valence-electron chi connectivity index (χ0n) is 18.0. The third-order valence-corrected chi connectivity index (χ3v) is 6.52. The van der Waals surface area contributed by atoms with E-state index in [4.69, 9.17) is 0 Å². The lowest BCUT2D eigenvalue weighted by Crippen LogP contribution is -2.38. The number of carbonyl (C=O) groups is 1. The average molecular weight is 418 g/mol. The third kappa shape index (κ3) is 3.78. The fourth-order valence-electron chi connectivity index (χ4n) is 4.84. The molecule has 4 heterocycles. The minimum Gasteiger partial charge on any atom is -0.353 e. The first kappa shape index (κ1) is 19.7. The van der Waals surface area contributed by atoms with Gasteiger partial charge in [-0.2, -0.15) is 10.1 Å². The molecule has 1 N–H and O–H groups in total. The van der Waals surface area contributed by atoms with Gasteiger partial charge in [-0.25, -0.2) is 14.5 Å². The van der Waals surface area contributed by atoms with Crippen molar-refractivity contribution in [3.8, 4) is 11.4 Å². The Morgan fingerprint density at radius 1 is 1.16 bits per heavy atom. The van der Waals surface area contributed by atoms with E-state index in [1.807, 2.05) is 20.0 Å². The molecule has 3 aliphatic rings. The van der Waals surface area contributed by atoms with Gasteiger partial charge >= 0.3 is 0 Å². The van der Waals surface area contributed by atoms with Crippen LogP contribution in [0.5, 0.6) is 0 Å². The van der Waals surface area contributed by atoms with Crippen LogP contribution in [0.1, 0.15) is 55.1 Å². The molecule has 1 saturated carbocycles. The molecule has 1 aliphatic carbocycles. The fraction of sp³-hybridized carbons (Fsp3) is 0.435. The molecule has 0 unspecified atom stereocenters. The van der Waals surface area contributed by atoms with Crippen LogP contribution in [0.3, 0.4) is 0 Å². The SMILES string of the molecule is Cc1nc2ncnn2c(C)c1CCC(=O)NC1CCC(n2cccc3ccnc2-3)CC1. The van der Waals surface area contributed by atoms with Gasteiger partial charge in [0.15, 0.2) is 0 Å². The third-order valence-electron chi connectivity index (χ3n) is 6.52. The van der Waals surface area contributed by atoms with Crippen molar-refractivity contribution in [3.05, 3.63) is 53.9 Å². The van der Waals surface area contributed by atoms with Crippen LogP contribution in [0.2, 0.25) is 0 Å². The number of hydrogen-bond donors (Lipinski definition) is 1. The van der Waals surface area contributed by atoms with E-state index in [2.05, 4.69) is 54.3 Å². The molecule has 2 aliphatic heterocycles. The van der Waals surface area contributed by atoms with Crippen LogP contribution < -0.4 is 5.32 Å². The Balaban J connectivity index is 1.16. The molecule has 2 aromatic rings. The number of amides is 1. The van der Waals surface area contributed by atoms with E-state index in [1.165, 1.54) is 11.9 Å². The summed E-state index contributed by atoms with van der Waals surface area (Å²) >= 11 is 0. The second-order valence-corrected chi connectivity index (χ2v) is 8.45. The van der Waals surface area contributed by atoms with Gasteiger partial charge in [-0.05, 0) is 69.7 Å². The Morgan fingerprint density at radius 3 is 2.84 bits per heavy atom. The normalized spacial score (nSPS) is 19.2. The van der Waals surface area contributed by atoms with Gasteiger partial charge in [0, 0.05) is 47.8 Å². The highest BCUT2D eigenvalue weighted by atomic mass is 16.1. The molecule has 0 atom stereocenters. The first-order chi connectivity index (χ1) is 15.1. The quantitative estimate of drug-likeness (QED) is 0.538. The smallest absolute Gasteiger partial charge is 0.252 e. The van der Waals surface area contributed by atoms with E-state index in [-0.39, 0.29) is 11.9 Å². The summed E-state index contributed by atoms with van der Waals surface area (Å²) in [6.07, 6.45) is 10.7. The van der Waals surface area contributed by atoms with Gasteiger partial charge in [-0.1, -0.05) is 0 Å². The summed E-state index contributed by atoms with van der Waals surface area (Å²) in [6, 6.07) is 6.93. The zero-order valence-corrected chi connectivity index (χ0v) is 18.0. The highest BCUT2D eigenvalue weighted by molar-refractivity contribution is 5.76. The molecule has 1 amide bonds. The molecule has 0 bridgehead atoms. The molecule has 8 nitrogen and oxygen atoms in total. The second-order valence-electron chi connectivity index (χ2n) is 8.45. The Kier molecular flexibility index (Phi) is 5.13. The number of hydrogen-bond acceptors (Lipinski definition) is 5. The summed E-state index contributed by atoms with van der Waals surface area (Å²) in [4.78, 5) is 25.8. The fourth-order valence-corrected chi connectivity index (χ4v) is 4.84. The molecule has 0 radical (unpaired) electrons. The minimum atomic E-state index is 0.105. The molecule has 0 spiro atoms. The van der Waals surface area contributed by atoms with E-state index in [1.54, 1.807) is 4.52 Å². The summed E-state index contributed by atoms with van der Waals surface area (Å²) in [5.74, 6) is 1.76. The minimum absolute atomic E-state index is 0.105. The van der Waals surface area contributed by atoms with Crippen LogP contribution in [0.4, 0.5) is 0 Å². The van der Waals surface area contributed by atoms with E-state index in [0.717, 1.165) is 48.5 Å². The summed E-state index contributed by atoms with van der Waals surface area (Å²) in [6.45, 7) is 3.97. The van der Waals surface area contributed by atoms with Gasteiger partial charge in [-0.3, -0.25) is 4.79 Å². The van der Waals surface area contributed by atoms with Crippen molar-refractivity contribution in [2.24, 2.45) is 0 Å². The van der Waals surface area contributed by atoms with Gasteiger partial charge < -0.3 is 9.88 Å². The standard InChI is InChI=1S/C23H27N7O/c1-15-20(16(2)30-23(27-15)25-14-26-30)9-10-21(31)28-18-5-7-19(8-6-18)29-13-3-4-17-11-12-24-22(17)29/h3-4,11-14,18-19H,5-10H2,1-2H3,(H,28,31). The summed E-state index contributed by atoms with van der Waals surface area (Å²) in [5, 5.41) is 7.47. The number of pyridine rings is 1. The van der Waals surface area contributed by atoms with Crippen molar-refractivity contribution < 1.29 is 4.79 Å². The van der Waals surface area contributed by atoms with E-state index < -0.39 is 0 Å². The first-order valence-electron chi connectivity index (χ1n) is 11.0. The second kappa shape index (κ2) is 8.09. The van der Waals surface area contributed by atoms with Crippen molar-refractivity contribution in [2.75, 3.05) is 0 Å². The molecule has 31 heavy (non-hydrogen) atoms. The number of fused-ring (bicyclic) bond motifs is 2. The van der Waals surface area contributed by atoms with Gasteiger partial charge in [0.25, 0.3) is 5.78 Å². The molecule has 0 saturated heterocycles. The van der Waals surface area contributed by atoms with Crippen LogP contribution in [-0.4, -0.2) is 41.1 Å². The summed E-state index contributed by atoms with van der Waals surface area (Å²) in [7, 11) is 0. The molecule has 5 rings (SSSR count). The van der Waals surface area contributed by atoms with Gasteiger partial charge in [0.05, 0.1) is 0 Å². The maximum Gasteiger partial charge on any atom is 0.252 e. The molecule has 1 fully saturated rings. The van der Waals surface area contributed by atoms with Crippen molar-refractivity contribution in [2.45, 2.75) is 64.5 Å². The van der Waals surface area contributed by atoms with Crippen molar-refractivity contribution in [3.63, 3.8) is 0 Å². The van der Waals surface area contributed by atoms with E-state index >= 15 is 0 Å². The van der Waals surface area contributed by atoms with Crippen LogP contribution in [0.25, 0.3) is 17.2 Å². The van der Waals surface area contributed by atoms with Crippen LogP contribution in [0.15, 0.2) is 36.9 Å². The van der Waals surface area contributed by atoms with Crippen molar-refractivity contribution in [1.29, 1.82) is 0 Å². The zero-order chi connectivity index (χ0) is 21.4. The summed E-state index contributed by atoms with van der Waals surface area (Å²) < 4.78 is 4.04. The molecular weight excluding hydrogens is 390 g/mol. The molecule has 160 valence electrons. The Bertz CT molecular complexity index is 1190. The predicted molar refractivity (Wildman–Crippen MR) is 117 cm³/mol. The maximum absolute atomic E-state index is 12.6. The van der Waals surface area contributed by atoms with Crippen LogP contribution in [0, 0.1) is 13.8 Å². The Labute approximate surface area is 181 Å². The number of aromatic nitrogens is 6. The van der Waals surface area contributed by atoms with Crippen LogP contribution >= 0.6 is 0 Å². The average Bonchev–Trinajstić information content (AvgIpc) is 3.43.